The van der Waals surface area contributed by atoms with Gasteiger partial charge >= 0.3 is 11.9 Å². The van der Waals surface area contributed by atoms with Crippen LogP contribution in [0.4, 0.5) is 0 Å². The summed E-state index contributed by atoms with van der Waals surface area (Å²) in [5.74, 6) is 0.0354. The molecule has 0 spiro atoms. The molecule has 0 aliphatic heterocycles. The van der Waals surface area contributed by atoms with Crippen LogP contribution in [0.15, 0.2) is 39.5 Å². The number of hydrogen-bond donors (Lipinski definition) is 0. The molecule has 0 unspecified atom stereocenters. The normalized spacial score (nSPS) is 10.7. The average molecular weight is 499 g/mol. The molecule has 0 saturated carbocycles. The summed E-state index contributed by atoms with van der Waals surface area (Å²) in [5.41, 5.74) is 0.289. The van der Waals surface area contributed by atoms with E-state index in [-0.39, 0.29) is 39.4 Å². The van der Waals surface area contributed by atoms with Crippen LogP contribution in [0, 0.1) is 0 Å². The number of carbonyl (C=O) groups is 2. The van der Waals surface area contributed by atoms with Gasteiger partial charge in [-0.2, -0.15) is 0 Å². The Kier molecular flexibility index (Phi) is 8.94. The van der Waals surface area contributed by atoms with Crippen LogP contribution < -0.4 is 29.1 Å². The van der Waals surface area contributed by atoms with Crippen LogP contribution in [0.1, 0.15) is 46.5 Å². The van der Waals surface area contributed by atoms with Gasteiger partial charge in [0.05, 0.1) is 20.8 Å². The summed E-state index contributed by atoms with van der Waals surface area (Å²) in [6.45, 7) is 5.05. The second-order valence-corrected chi connectivity index (χ2v) is 8.05. The minimum atomic E-state index is -0.600. The number of hydrogen-bond acceptors (Lipinski definition) is 9. The molecule has 2 aromatic carbocycles. The molecular formula is C27H30O9. The first-order chi connectivity index (χ1) is 17.3. The van der Waals surface area contributed by atoms with E-state index in [1.807, 2.05) is 0 Å². The van der Waals surface area contributed by atoms with E-state index in [2.05, 4.69) is 6.92 Å². The lowest BCUT2D eigenvalue weighted by molar-refractivity contribution is -0.134. The number of benzene rings is 2. The number of fused-ring (bicyclic) bond motifs is 1. The highest BCUT2D eigenvalue weighted by molar-refractivity contribution is 5.90. The van der Waals surface area contributed by atoms with Gasteiger partial charge in [-0.05, 0) is 24.6 Å². The van der Waals surface area contributed by atoms with E-state index in [1.165, 1.54) is 46.3 Å². The first-order valence-corrected chi connectivity index (χ1v) is 11.7. The molecule has 1 heterocycles. The van der Waals surface area contributed by atoms with E-state index in [0.29, 0.717) is 23.7 Å². The molecule has 36 heavy (non-hydrogen) atoms. The lowest BCUT2D eigenvalue weighted by atomic mass is 10.1. The molecule has 0 saturated heterocycles. The van der Waals surface area contributed by atoms with E-state index in [1.54, 1.807) is 12.1 Å². The van der Waals surface area contributed by atoms with Gasteiger partial charge in [-0.15, -0.1) is 0 Å². The first-order valence-electron chi connectivity index (χ1n) is 11.7. The van der Waals surface area contributed by atoms with Crippen LogP contribution in [-0.4, -0.2) is 32.8 Å². The van der Waals surface area contributed by atoms with Crippen LogP contribution in [0.25, 0.3) is 22.3 Å². The van der Waals surface area contributed by atoms with Gasteiger partial charge < -0.3 is 28.1 Å². The molecular weight excluding hydrogens is 468 g/mol. The summed E-state index contributed by atoms with van der Waals surface area (Å²) in [4.78, 5) is 36.2. The zero-order chi connectivity index (χ0) is 26.2. The summed E-state index contributed by atoms with van der Waals surface area (Å²) in [6.07, 6.45) is 4.12. The molecule has 192 valence electrons. The maximum atomic E-state index is 13.2. The Morgan fingerprint density at radius 2 is 1.56 bits per heavy atom. The molecule has 0 aliphatic rings. The van der Waals surface area contributed by atoms with Crippen LogP contribution in [0.2, 0.25) is 0 Å². The van der Waals surface area contributed by atoms with Crippen LogP contribution >= 0.6 is 0 Å². The number of ether oxygens (including phenoxy) is 5. The predicted octanol–water partition coefficient (Wildman–Crippen LogP) is 5.29. The molecule has 9 nitrogen and oxygen atoms in total. The summed E-state index contributed by atoms with van der Waals surface area (Å²) in [6, 6.07) is 7.37. The Hall–Kier alpha value is -4.01. The van der Waals surface area contributed by atoms with Crippen molar-refractivity contribution in [3.8, 4) is 40.1 Å². The smallest absolute Gasteiger partial charge is 0.308 e. The third kappa shape index (κ3) is 6.16. The zero-order valence-corrected chi connectivity index (χ0v) is 21.1. The topological polar surface area (TPSA) is 110 Å². The third-order valence-electron chi connectivity index (χ3n) is 5.30. The molecule has 3 aromatic rings. The summed E-state index contributed by atoms with van der Waals surface area (Å²) in [5, 5.41) is 0.211. The van der Waals surface area contributed by atoms with Gasteiger partial charge in [0.25, 0.3) is 0 Å². The molecule has 1 aromatic heterocycles. The average Bonchev–Trinajstić information content (AvgIpc) is 2.83. The SMILES string of the molecule is CCCCCCOc1c(OC)cc2oc(-c3ccc(OC(C)=O)c(OC(C)=O)c3)cc(=O)c2c1OC. The predicted molar refractivity (Wildman–Crippen MR) is 133 cm³/mol. The van der Waals surface area contributed by atoms with E-state index >= 15 is 0 Å². The van der Waals surface area contributed by atoms with Gasteiger partial charge in [-0.3, -0.25) is 14.4 Å². The van der Waals surface area contributed by atoms with Crippen molar-refractivity contribution in [2.75, 3.05) is 20.8 Å². The molecule has 0 N–H and O–H groups in total. The molecule has 9 heteroatoms. The van der Waals surface area contributed by atoms with Gasteiger partial charge in [0.1, 0.15) is 16.7 Å². The molecule has 0 aliphatic carbocycles. The summed E-state index contributed by atoms with van der Waals surface area (Å²) >= 11 is 0. The van der Waals surface area contributed by atoms with Crippen molar-refractivity contribution in [3.63, 3.8) is 0 Å². The Morgan fingerprint density at radius 1 is 0.833 bits per heavy atom. The van der Waals surface area contributed by atoms with Gasteiger partial charge in [0.2, 0.25) is 5.75 Å². The number of rotatable bonds is 11. The maximum Gasteiger partial charge on any atom is 0.308 e. The monoisotopic (exact) mass is 498 g/mol. The second kappa shape index (κ2) is 12.1. The van der Waals surface area contributed by atoms with E-state index in [0.717, 1.165) is 25.7 Å². The quantitative estimate of drug-likeness (QED) is 0.198. The Balaban J connectivity index is 2.08. The summed E-state index contributed by atoms with van der Waals surface area (Å²) < 4.78 is 33.3. The Bertz CT molecular complexity index is 1310. The third-order valence-corrected chi connectivity index (χ3v) is 5.30. The number of carbonyl (C=O) groups excluding carboxylic acids is 2. The van der Waals surface area contributed by atoms with Crippen LogP contribution in [0.3, 0.4) is 0 Å². The molecule has 0 amide bonds. The highest BCUT2D eigenvalue weighted by atomic mass is 16.6. The minimum absolute atomic E-state index is 0.0138. The van der Waals surface area contributed by atoms with Crippen molar-refractivity contribution < 1.29 is 37.7 Å². The lowest BCUT2D eigenvalue weighted by Crippen LogP contribution is -2.08. The first kappa shape index (κ1) is 26.6. The van der Waals surface area contributed by atoms with Gasteiger partial charge in [-0.1, -0.05) is 26.2 Å². The zero-order valence-electron chi connectivity index (χ0n) is 21.1. The molecule has 0 bridgehead atoms. The second-order valence-electron chi connectivity index (χ2n) is 8.05. The standard InChI is InChI=1S/C27H30O9/c1-6-7-8-9-12-33-26-24(31-4)15-23-25(27(26)32-5)19(30)14-21(36-23)18-10-11-20(34-16(2)28)22(13-18)35-17(3)29/h10-11,13-15H,6-9,12H2,1-5H3. The minimum Gasteiger partial charge on any atom is -0.493 e. The highest BCUT2D eigenvalue weighted by Crippen LogP contribution is 2.43. The van der Waals surface area contributed by atoms with Crippen molar-refractivity contribution in [3.05, 3.63) is 40.6 Å². The number of methoxy groups -OCH3 is 2. The van der Waals surface area contributed by atoms with E-state index in [4.69, 9.17) is 28.1 Å². The summed E-state index contributed by atoms with van der Waals surface area (Å²) in [7, 11) is 2.94. The largest absolute Gasteiger partial charge is 0.493 e. The fraction of sp³-hybridized carbons (Fsp3) is 0.370. The van der Waals surface area contributed by atoms with Crippen molar-refractivity contribution in [1.82, 2.24) is 0 Å². The number of unbranched alkanes of at least 4 members (excludes halogenated alkanes) is 3. The Labute approximate surface area is 208 Å². The fourth-order valence-electron chi connectivity index (χ4n) is 3.71. The van der Waals surface area contributed by atoms with E-state index < -0.39 is 11.9 Å². The van der Waals surface area contributed by atoms with Crippen LogP contribution in [0.5, 0.6) is 28.7 Å². The Morgan fingerprint density at radius 3 is 2.19 bits per heavy atom. The fourth-order valence-corrected chi connectivity index (χ4v) is 3.71. The van der Waals surface area contributed by atoms with Gasteiger partial charge in [0, 0.05) is 31.5 Å². The van der Waals surface area contributed by atoms with Crippen molar-refractivity contribution >= 4 is 22.9 Å². The van der Waals surface area contributed by atoms with Crippen molar-refractivity contribution in [2.45, 2.75) is 46.5 Å². The maximum absolute atomic E-state index is 13.2. The number of esters is 2. The lowest BCUT2D eigenvalue weighted by Gasteiger charge is -2.16. The van der Waals surface area contributed by atoms with E-state index in [9.17, 15) is 14.4 Å². The molecule has 0 atom stereocenters. The van der Waals surface area contributed by atoms with Crippen molar-refractivity contribution in [1.29, 1.82) is 0 Å². The molecule has 0 fully saturated rings. The molecule has 3 rings (SSSR count). The van der Waals surface area contributed by atoms with Crippen LogP contribution in [-0.2, 0) is 9.59 Å². The van der Waals surface area contributed by atoms with Gasteiger partial charge in [-0.25, -0.2) is 0 Å². The molecule has 0 radical (unpaired) electrons. The van der Waals surface area contributed by atoms with Crippen molar-refractivity contribution in [2.24, 2.45) is 0 Å². The van der Waals surface area contributed by atoms with Gasteiger partial charge in [0.15, 0.2) is 28.4 Å². The highest BCUT2D eigenvalue weighted by Gasteiger charge is 2.22.